The predicted octanol–water partition coefficient (Wildman–Crippen LogP) is -1.11. The first-order valence-electron chi connectivity index (χ1n) is 13.6. The number of hydrogen-bond donors (Lipinski definition) is 5. The normalized spacial score (nSPS) is 19.3. The Bertz CT molecular complexity index is 1370. The lowest BCUT2D eigenvalue weighted by Gasteiger charge is -2.38. The number of aliphatic carboxylic acids is 1. The molecule has 12 nitrogen and oxygen atoms in total. The quantitative estimate of drug-likeness (QED) is 0.250. The number of carboxylic acids is 1. The Hall–Kier alpha value is -3.71. The monoisotopic (exact) mass is 563 g/mol. The third kappa shape index (κ3) is 6.15. The lowest BCUT2D eigenvalue weighted by Crippen LogP contribution is -2.60. The fourth-order valence-corrected chi connectivity index (χ4v) is 5.59. The summed E-state index contributed by atoms with van der Waals surface area (Å²) in [6, 6.07) is 6.86. The zero-order valence-corrected chi connectivity index (χ0v) is 22.5. The first kappa shape index (κ1) is 28.8. The molecule has 3 heterocycles. The Labute approximate surface area is 237 Å². The third-order valence-corrected chi connectivity index (χ3v) is 7.87. The summed E-state index contributed by atoms with van der Waals surface area (Å²) in [4.78, 5) is 53.5. The number of piperidine rings is 1. The number of carbonyl (C=O) groups is 4. The van der Waals surface area contributed by atoms with Crippen molar-refractivity contribution in [3.05, 3.63) is 58.7 Å². The number of carboxylic acid groups (broad SMARTS) is 1. The van der Waals surface area contributed by atoms with Crippen molar-refractivity contribution >= 4 is 48.9 Å². The predicted molar refractivity (Wildman–Crippen MR) is 147 cm³/mol. The molecular weight excluding hydrogens is 532 g/mol. The van der Waals surface area contributed by atoms with Gasteiger partial charge in [-0.1, -0.05) is 12.1 Å². The van der Waals surface area contributed by atoms with Gasteiger partial charge in [-0.3, -0.25) is 19.2 Å². The zero-order chi connectivity index (χ0) is 29.3. The van der Waals surface area contributed by atoms with Crippen LogP contribution in [0.5, 0.6) is 0 Å². The molecule has 2 aromatic rings. The number of nitrogens with zero attached hydrogens (tertiary/aromatic N) is 1. The highest BCUT2D eigenvalue weighted by Gasteiger charge is 2.38. The van der Waals surface area contributed by atoms with Gasteiger partial charge in [0.1, 0.15) is 6.04 Å². The van der Waals surface area contributed by atoms with E-state index in [4.69, 9.17) is 9.31 Å². The van der Waals surface area contributed by atoms with Gasteiger partial charge in [0, 0.05) is 23.7 Å². The van der Waals surface area contributed by atoms with Crippen molar-refractivity contribution < 1.29 is 43.6 Å². The van der Waals surface area contributed by atoms with Gasteiger partial charge < -0.3 is 40.0 Å². The molecule has 0 radical (unpaired) electrons. The second-order valence-electron chi connectivity index (χ2n) is 10.6. The average molecular weight is 563 g/mol. The number of amides is 3. The molecule has 3 atom stereocenters. The van der Waals surface area contributed by atoms with Crippen molar-refractivity contribution in [2.45, 2.75) is 63.9 Å². The molecule has 0 spiro atoms. The molecule has 214 valence electrons. The van der Waals surface area contributed by atoms with Crippen LogP contribution < -0.4 is 21.6 Å². The summed E-state index contributed by atoms with van der Waals surface area (Å²) in [7, 11) is -2.29. The lowest BCUT2D eigenvalue weighted by molar-refractivity contribution is -0.143. The smallest absolute Gasteiger partial charge is 0.481 e. The van der Waals surface area contributed by atoms with Crippen LogP contribution >= 0.6 is 0 Å². The number of nitrogens with one attached hydrogen (secondary N) is 2. The molecule has 0 unspecified atom stereocenters. The van der Waals surface area contributed by atoms with E-state index in [1.807, 2.05) is 0 Å². The largest absolute Gasteiger partial charge is 0.491 e. The van der Waals surface area contributed by atoms with E-state index in [1.165, 1.54) is 17.0 Å². The van der Waals surface area contributed by atoms with Crippen molar-refractivity contribution in [3.8, 4) is 0 Å². The van der Waals surface area contributed by atoms with Crippen LogP contribution in [0.25, 0.3) is 0 Å². The number of hydrogen-bond acceptors (Lipinski definition) is 8. The molecule has 0 saturated carbocycles. The molecule has 3 aliphatic heterocycles. The van der Waals surface area contributed by atoms with Gasteiger partial charge in [0.25, 0.3) is 11.8 Å². The zero-order valence-electron chi connectivity index (χ0n) is 22.5. The molecule has 14 heteroatoms. The average Bonchev–Trinajstić information content (AvgIpc) is 3.52. The van der Waals surface area contributed by atoms with Crippen LogP contribution in [0.1, 0.15) is 64.4 Å². The Morgan fingerprint density at radius 2 is 1.49 bits per heavy atom. The Morgan fingerprint density at radius 3 is 2.05 bits per heavy atom. The van der Waals surface area contributed by atoms with E-state index in [2.05, 4.69) is 10.6 Å². The molecule has 1 saturated heterocycles. The molecule has 1 fully saturated rings. The number of benzene rings is 2. The van der Waals surface area contributed by atoms with Gasteiger partial charge in [-0.15, -0.1) is 0 Å². The first-order valence-corrected chi connectivity index (χ1v) is 13.6. The van der Waals surface area contributed by atoms with Gasteiger partial charge in [0.05, 0.1) is 25.7 Å². The van der Waals surface area contributed by atoms with E-state index >= 15 is 0 Å². The highest BCUT2D eigenvalue weighted by atomic mass is 16.5. The lowest BCUT2D eigenvalue weighted by atomic mass is 9.78. The first-order chi connectivity index (χ1) is 19.6. The minimum atomic E-state index is -1.22. The minimum Gasteiger partial charge on any atom is -0.481 e. The van der Waals surface area contributed by atoms with E-state index in [-0.39, 0.29) is 30.8 Å². The Balaban J connectivity index is 1.39. The summed E-state index contributed by atoms with van der Waals surface area (Å²) in [5.41, 5.74) is 2.89. The van der Waals surface area contributed by atoms with Gasteiger partial charge >= 0.3 is 20.2 Å². The van der Waals surface area contributed by atoms with Crippen LogP contribution in [0, 0.1) is 0 Å². The summed E-state index contributed by atoms with van der Waals surface area (Å²) >= 11 is 0. The molecule has 0 aliphatic carbocycles. The number of rotatable bonds is 8. The number of fused-ring (bicyclic) bond motifs is 2. The second kappa shape index (κ2) is 12.0. The van der Waals surface area contributed by atoms with E-state index in [1.54, 1.807) is 31.2 Å². The summed E-state index contributed by atoms with van der Waals surface area (Å²) in [5, 5.41) is 35.0. The Kier molecular flexibility index (Phi) is 8.45. The molecule has 3 amide bonds. The third-order valence-electron chi connectivity index (χ3n) is 7.87. The topological polar surface area (TPSA) is 175 Å². The van der Waals surface area contributed by atoms with Crippen molar-refractivity contribution in [3.63, 3.8) is 0 Å². The van der Waals surface area contributed by atoms with Crippen molar-refractivity contribution in [1.82, 2.24) is 15.5 Å². The fourth-order valence-electron chi connectivity index (χ4n) is 5.59. The molecule has 0 aromatic heterocycles. The van der Waals surface area contributed by atoms with Crippen LogP contribution in [0.2, 0.25) is 0 Å². The van der Waals surface area contributed by atoms with E-state index < -0.39 is 56.1 Å². The Morgan fingerprint density at radius 1 is 0.927 bits per heavy atom. The fraction of sp³-hybridized carbons (Fsp3) is 0.407. The molecule has 5 rings (SSSR count). The number of carbonyl (C=O) groups excluding carboxylic acids is 3. The van der Waals surface area contributed by atoms with Gasteiger partial charge in [0.15, 0.2) is 0 Å². The van der Waals surface area contributed by atoms with Gasteiger partial charge in [-0.2, -0.15) is 0 Å². The van der Waals surface area contributed by atoms with Gasteiger partial charge in [-0.05, 0) is 72.5 Å². The standard InChI is InChI=1S/C27H31B2N3O9/c1-15(30-25(35)16-5-7-18-13-40-28(38)21(18)10-16)24(27(37)32-9-3-2-4-20(32)12-23(33)34)31-26(36)17-6-8-19-14-41-29(39)22(19)11-17/h5-8,10-11,15,20,24,38-39H,2-4,9,12-14H2,1H3,(H,30,35)(H,31,36)(H,33,34)/t15-,20-,24-/m0/s1. The van der Waals surface area contributed by atoms with Crippen LogP contribution in [-0.2, 0) is 32.1 Å². The maximum Gasteiger partial charge on any atom is 0.491 e. The van der Waals surface area contributed by atoms with Gasteiger partial charge in [-0.25, -0.2) is 0 Å². The van der Waals surface area contributed by atoms with Crippen LogP contribution in [0.3, 0.4) is 0 Å². The van der Waals surface area contributed by atoms with E-state index in [9.17, 15) is 34.3 Å². The molecule has 2 aromatic carbocycles. The van der Waals surface area contributed by atoms with Crippen molar-refractivity contribution in [2.75, 3.05) is 6.54 Å². The maximum absolute atomic E-state index is 13.9. The van der Waals surface area contributed by atoms with E-state index in [0.29, 0.717) is 30.3 Å². The highest BCUT2D eigenvalue weighted by Crippen LogP contribution is 2.22. The summed E-state index contributed by atoms with van der Waals surface area (Å²) in [6.07, 6.45) is 1.75. The van der Waals surface area contributed by atoms with Crippen molar-refractivity contribution in [1.29, 1.82) is 0 Å². The molecule has 3 aliphatic rings. The molecule has 5 N–H and O–H groups in total. The van der Waals surface area contributed by atoms with E-state index in [0.717, 1.165) is 17.5 Å². The minimum absolute atomic E-state index is 0.193. The van der Waals surface area contributed by atoms with Crippen LogP contribution in [0.15, 0.2) is 36.4 Å². The maximum atomic E-state index is 13.9. The SMILES string of the molecule is C[C@H](NC(=O)c1ccc2c(c1)B(O)OC2)[C@H](NC(=O)c1ccc2c(c1)B(O)OC2)C(=O)N1CCCC[C@H]1CC(=O)O. The second-order valence-corrected chi connectivity index (χ2v) is 10.6. The molecular formula is C27H31B2N3O9. The summed E-state index contributed by atoms with van der Waals surface area (Å²) in [5.74, 6) is -2.65. The highest BCUT2D eigenvalue weighted by molar-refractivity contribution is 6.62. The van der Waals surface area contributed by atoms with Gasteiger partial charge in [0.2, 0.25) is 5.91 Å². The van der Waals surface area contributed by atoms with Crippen molar-refractivity contribution in [2.24, 2.45) is 0 Å². The molecule has 41 heavy (non-hydrogen) atoms. The summed E-state index contributed by atoms with van der Waals surface area (Å²) < 4.78 is 10.4. The van der Waals surface area contributed by atoms with Crippen LogP contribution in [0.4, 0.5) is 0 Å². The number of likely N-dealkylation sites (tertiary alicyclic amines) is 1. The van der Waals surface area contributed by atoms with Crippen LogP contribution in [-0.4, -0.2) is 82.7 Å². The summed E-state index contributed by atoms with van der Waals surface area (Å²) in [6.45, 7) is 2.36. The molecule has 0 bridgehead atoms.